The molecular weight excluding hydrogens is 350 g/mol. The number of fused-ring (bicyclic) bond motifs is 1. The summed E-state index contributed by atoms with van der Waals surface area (Å²) in [5.74, 6) is 1.37. The molecule has 2 aromatic rings. The fraction of sp³-hybridized carbons (Fsp3) is 0.381. The van der Waals surface area contributed by atoms with Crippen LogP contribution in [0.2, 0.25) is 5.02 Å². The molecule has 1 heterocycles. The second-order valence-corrected chi connectivity index (χ2v) is 7.60. The quantitative estimate of drug-likeness (QED) is 0.870. The number of carbonyl (C=O) groups excluding carboxylic acids is 1. The second-order valence-electron chi connectivity index (χ2n) is 7.17. The maximum atomic E-state index is 12.7. The van der Waals surface area contributed by atoms with Crippen LogP contribution in [0.4, 0.5) is 0 Å². The Bertz CT molecular complexity index is 815. The van der Waals surface area contributed by atoms with Gasteiger partial charge in [-0.25, -0.2) is 0 Å². The molecule has 0 bridgehead atoms. The monoisotopic (exact) mass is 371 g/mol. The Labute approximate surface area is 158 Å². The number of amides is 1. The molecule has 0 aromatic heterocycles. The predicted octanol–water partition coefficient (Wildman–Crippen LogP) is 3.75. The molecule has 0 radical (unpaired) electrons. The van der Waals surface area contributed by atoms with E-state index in [9.17, 15) is 4.79 Å². The molecule has 4 nitrogen and oxygen atoms in total. The lowest BCUT2D eigenvalue weighted by atomic mass is 9.93. The number of para-hydroxylation sites is 1. The van der Waals surface area contributed by atoms with Crippen molar-refractivity contribution in [1.29, 1.82) is 0 Å². The third-order valence-electron chi connectivity index (χ3n) is 5.46. The summed E-state index contributed by atoms with van der Waals surface area (Å²) in [7, 11) is 1.63. The van der Waals surface area contributed by atoms with Crippen molar-refractivity contribution in [2.24, 2.45) is 5.92 Å². The summed E-state index contributed by atoms with van der Waals surface area (Å²) in [5.41, 5.74) is 2.34. The van der Waals surface area contributed by atoms with Crippen molar-refractivity contribution in [3.63, 3.8) is 0 Å². The van der Waals surface area contributed by atoms with Gasteiger partial charge in [-0.2, -0.15) is 0 Å². The van der Waals surface area contributed by atoms with E-state index in [1.165, 1.54) is 5.56 Å². The van der Waals surface area contributed by atoms with Crippen LogP contribution in [0.25, 0.3) is 0 Å². The molecule has 1 amide bonds. The average molecular weight is 372 g/mol. The minimum atomic E-state index is -0.171. The highest BCUT2D eigenvalue weighted by Crippen LogP contribution is 2.48. The molecule has 1 fully saturated rings. The van der Waals surface area contributed by atoms with Gasteiger partial charge >= 0.3 is 0 Å². The lowest BCUT2D eigenvalue weighted by Crippen LogP contribution is -2.40. The van der Waals surface area contributed by atoms with Crippen LogP contribution >= 0.6 is 11.6 Å². The van der Waals surface area contributed by atoms with Gasteiger partial charge in [-0.15, -0.1) is 0 Å². The summed E-state index contributed by atoms with van der Waals surface area (Å²) in [6, 6.07) is 13.8. The van der Waals surface area contributed by atoms with E-state index >= 15 is 0 Å². The summed E-state index contributed by atoms with van der Waals surface area (Å²) in [5, 5.41) is 3.88. The maximum absolute atomic E-state index is 12.7. The molecule has 1 saturated carbocycles. The van der Waals surface area contributed by atoms with Crippen molar-refractivity contribution < 1.29 is 14.3 Å². The Morgan fingerprint density at radius 2 is 2.04 bits per heavy atom. The van der Waals surface area contributed by atoms with Crippen molar-refractivity contribution in [2.45, 2.75) is 24.7 Å². The smallest absolute Gasteiger partial charge is 0.226 e. The fourth-order valence-electron chi connectivity index (χ4n) is 3.65. The van der Waals surface area contributed by atoms with E-state index in [0.717, 1.165) is 34.9 Å². The van der Waals surface area contributed by atoms with Gasteiger partial charge in [0, 0.05) is 17.0 Å². The average Bonchev–Trinajstić information content (AvgIpc) is 3.46. The van der Waals surface area contributed by atoms with Crippen LogP contribution in [0.1, 0.15) is 24.0 Å². The van der Waals surface area contributed by atoms with Crippen molar-refractivity contribution in [3.05, 3.63) is 58.6 Å². The standard InChI is InChI=1S/C21H22ClNO3/c1-25-18-4-2-3-14-11-15(12-26-19(14)18)20(24)23-13-21(9-10-21)16-5-7-17(22)8-6-16/h2-8,15H,9-13H2,1H3,(H,23,24)/t15-/m1/s1. The Balaban J connectivity index is 1.39. The predicted molar refractivity (Wildman–Crippen MR) is 101 cm³/mol. The van der Waals surface area contributed by atoms with Crippen LogP contribution in [0.15, 0.2) is 42.5 Å². The molecular formula is C21H22ClNO3. The van der Waals surface area contributed by atoms with Crippen molar-refractivity contribution >= 4 is 17.5 Å². The van der Waals surface area contributed by atoms with Gasteiger partial charge in [0.25, 0.3) is 0 Å². The van der Waals surface area contributed by atoms with Crippen LogP contribution in [-0.2, 0) is 16.6 Å². The molecule has 1 N–H and O–H groups in total. The molecule has 4 rings (SSSR count). The van der Waals surface area contributed by atoms with Crippen LogP contribution in [-0.4, -0.2) is 26.2 Å². The van der Waals surface area contributed by atoms with E-state index in [0.29, 0.717) is 19.6 Å². The minimum Gasteiger partial charge on any atom is -0.493 e. The summed E-state index contributed by atoms with van der Waals surface area (Å²) < 4.78 is 11.2. The topological polar surface area (TPSA) is 47.6 Å². The number of ether oxygens (including phenoxy) is 2. The number of nitrogens with one attached hydrogen (secondary N) is 1. The van der Waals surface area contributed by atoms with E-state index in [1.54, 1.807) is 7.11 Å². The molecule has 1 aliphatic heterocycles. The Morgan fingerprint density at radius 1 is 1.27 bits per heavy atom. The molecule has 1 aliphatic carbocycles. The zero-order valence-electron chi connectivity index (χ0n) is 14.8. The Morgan fingerprint density at radius 3 is 2.73 bits per heavy atom. The Kier molecular flexibility index (Phi) is 4.53. The Hall–Kier alpha value is -2.20. The highest BCUT2D eigenvalue weighted by molar-refractivity contribution is 6.30. The first-order valence-electron chi connectivity index (χ1n) is 8.94. The first-order valence-corrected chi connectivity index (χ1v) is 9.31. The summed E-state index contributed by atoms with van der Waals surface area (Å²) in [6.07, 6.45) is 2.86. The van der Waals surface area contributed by atoms with Gasteiger partial charge in [0.15, 0.2) is 11.5 Å². The molecule has 26 heavy (non-hydrogen) atoms. The number of hydrogen-bond acceptors (Lipinski definition) is 3. The largest absolute Gasteiger partial charge is 0.493 e. The van der Waals surface area contributed by atoms with Crippen molar-refractivity contribution in [3.8, 4) is 11.5 Å². The van der Waals surface area contributed by atoms with Gasteiger partial charge < -0.3 is 14.8 Å². The second kappa shape index (κ2) is 6.84. The summed E-state index contributed by atoms with van der Waals surface area (Å²) in [6.45, 7) is 1.04. The van der Waals surface area contributed by atoms with Gasteiger partial charge in [-0.05, 0) is 48.6 Å². The van der Waals surface area contributed by atoms with E-state index < -0.39 is 0 Å². The molecule has 1 atom stereocenters. The van der Waals surface area contributed by atoms with Crippen LogP contribution < -0.4 is 14.8 Å². The van der Waals surface area contributed by atoms with Crippen LogP contribution in [0, 0.1) is 5.92 Å². The van der Waals surface area contributed by atoms with Crippen molar-refractivity contribution in [1.82, 2.24) is 5.32 Å². The maximum Gasteiger partial charge on any atom is 0.226 e. The fourth-order valence-corrected chi connectivity index (χ4v) is 3.77. The number of halogens is 1. The molecule has 5 heteroatoms. The van der Waals surface area contributed by atoms with E-state index in [-0.39, 0.29) is 17.2 Å². The van der Waals surface area contributed by atoms with E-state index in [1.807, 2.05) is 30.3 Å². The summed E-state index contributed by atoms with van der Waals surface area (Å²) in [4.78, 5) is 12.7. The van der Waals surface area contributed by atoms with E-state index in [2.05, 4.69) is 17.4 Å². The highest BCUT2D eigenvalue weighted by atomic mass is 35.5. The van der Waals surface area contributed by atoms with Gasteiger partial charge in [-0.3, -0.25) is 4.79 Å². The zero-order valence-corrected chi connectivity index (χ0v) is 15.5. The third-order valence-corrected chi connectivity index (χ3v) is 5.71. The SMILES string of the molecule is COc1cccc2c1OC[C@H](C(=O)NCC1(c3ccc(Cl)cc3)CC1)C2. The van der Waals surface area contributed by atoms with Crippen LogP contribution in [0.3, 0.4) is 0 Å². The first-order chi connectivity index (χ1) is 12.6. The zero-order chi connectivity index (χ0) is 18.1. The number of carbonyl (C=O) groups is 1. The highest BCUT2D eigenvalue weighted by Gasteiger charge is 2.44. The van der Waals surface area contributed by atoms with Gasteiger partial charge in [-0.1, -0.05) is 35.9 Å². The van der Waals surface area contributed by atoms with Gasteiger partial charge in [0.1, 0.15) is 6.61 Å². The van der Waals surface area contributed by atoms with Crippen LogP contribution in [0.5, 0.6) is 11.5 Å². The van der Waals surface area contributed by atoms with Gasteiger partial charge in [0.05, 0.1) is 13.0 Å². The lowest BCUT2D eigenvalue weighted by molar-refractivity contribution is -0.126. The number of hydrogen-bond donors (Lipinski definition) is 1. The lowest BCUT2D eigenvalue weighted by Gasteiger charge is -2.26. The van der Waals surface area contributed by atoms with Gasteiger partial charge in [0.2, 0.25) is 5.91 Å². The number of rotatable bonds is 5. The molecule has 0 saturated heterocycles. The van der Waals surface area contributed by atoms with E-state index in [4.69, 9.17) is 21.1 Å². The first kappa shape index (κ1) is 17.2. The molecule has 0 unspecified atom stereocenters. The number of benzene rings is 2. The molecule has 2 aromatic carbocycles. The normalized spacial score (nSPS) is 19.8. The van der Waals surface area contributed by atoms with Crippen molar-refractivity contribution in [2.75, 3.05) is 20.3 Å². The third kappa shape index (κ3) is 3.26. The molecule has 136 valence electrons. The number of methoxy groups -OCH3 is 1. The molecule has 2 aliphatic rings. The minimum absolute atomic E-state index is 0.0544. The molecule has 0 spiro atoms. The summed E-state index contributed by atoms with van der Waals surface area (Å²) >= 11 is 5.98.